The Morgan fingerprint density at radius 1 is 0.923 bits per heavy atom. The molecule has 0 fully saturated rings. The minimum Gasteiger partial charge on any atom is -0.484 e. The van der Waals surface area contributed by atoms with Gasteiger partial charge in [-0.3, -0.25) is 9.59 Å². The second kappa shape index (κ2) is 8.37. The van der Waals surface area contributed by atoms with E-state index in [0.29, 0.717) is 17.0 Å². The molecule has 8 heteroatoms. The van der Waals surface area contributed by atoms with Crippen LogP contribution in [-0.4, -0.2) is 31.1 Å². The summed E-state index contributed by atoms with van der Waals surface area (Å²) >= 11 is 0. The van der Waals surface area contributed by atoms with Crippen LogP contribution in [0, 0.1) is 0 Å². The number of Topliss-reactive ketones (excluding diaryl/α,β-unsaturated/α-hetero) is 1. The minimum atomic E-state index is -4.41. The molecule has 1 N–H and O–H groups in total. The summed E-state index contributed by atoms with van der Waals surface area (Å²) in [5.74, 6) is -0.0373. The van der Waals surface area contributed by atoms with E-state index in [1.807, 2.05) is 0 Å². The number of anilines is 1. The van der Waals surface area contributed by atoms with Gasteiger partial charge in [0.25, 0.3) is 5.91 Å². The first-order valence-corrected chi connectivity index (χ1v) is 7.56. The molecule has 138 valence electrons. The molecular formula is C18H16F3NO4. The smallest absolute Gasteiger partial charge is 0.422 e. The summed E-state index contributed by atoms with van der Waals surface area (Å²) in [7, 11) is 0. The Balaban J connectivity index is 1.81. The van der Waals surface area contributed by atoms with E-state index >= 15 is 0 Å². The predicted molar refractivity (Wildman–Crippen MR) is 88.6 cm³/mol. The van der Waals surface area contributed by atoms with Gasteiger partial charge in [-0.2, -0.15) is 13.2 Å². The van der Waals surface area contributed by atoms with E-state index in [-0.39, 0.29) is 18.1 Å². The Hall–Kier alpha value is -3.03. The van der Waals surface area contributed by atoms with Gasteiger partial charge < -0.3 is 14.8 Å². The molecule has 0 aliphatic rings. The van der Waals surface area contributed by atoms with Gasteiger partial charge in [0.05, 0.1) is 0 Å². The molecular weight excluding hydrogens is 351 g/mol. The SMILES string of the molecule is CC(=O)c1ccc(OCC(=O)Nc2ccc(OCC(F)(F)F)cc2)cc1. The summed E-state index contributed by atoms with van der Waals surface area (Å²) < 4.78 is 46.1. The lowest BCUT2D eigenvalue weighted by Crippen LogP contribution is -2.20. The highest BCUT2D eigenvalue weighted by molar-refractivity contribution is 5.94. The van der Waals surface area contributed by atoms with E-state index in [1.165, 1.54) is 31.2 Å². The zero-order valence-corrected chi connectivity index (χ0v) is 13.8. The summed E-state index contributed by atoms with van der Waals surface area (Å²) in [5, 5.41) is 2.55. The maximum absolute atomic E-state index is 12.1. The van der Waals surface area contributed by atoms with Crippen LogP contribution in [0.5, 0.6) is 11.5 Å². The molecule has 0 unspecified atom stereocenters. The number of amides is 1. The Morgan fingerprint density at radius 3 is 2.00 bits per heavy atom. The Labute approximate surface area is 147 Å². The van der Waals surface area contributed by atoms with Crippen LogP contribution in [0.4, 0.5) is 18.9 Å². The van der Waals surface area contributed by atoms with Gasteiger partial charge in [0.1, 0.15) is 11.5 Å². The summed E-state index contributed by atoms with van der Waals surface area (Å²) in [6, 6.07) is 11.8. The number of hydrogen-bond donors (Lipinski definition) is 1. The third kappa shape index (κ3) is 6.46. The number of halogens is 3. The molecule has 5 nitrogen and oxygen atoms in total. The first-order valence-electron chi connectivity index (χ1n) is 7.56. The van der Waals surface area contributed by atoms with Crippen molar-refractivity contribution in [1.82, 2.24) is 0 Å². The molecule has 0 heterocycles. The van der Waals surface area contributed by atoms with E-state index in [9.17, 15) is 22.8 Å². The maximum Gasteiger partial charge on any atom is 0.422 e. The predicted octanol–water partition coefficient (Wildman–Crippen LogP) is 3.85. The number of hydrogen-bond acceptors (Lipinski definition) is 4. The molecule has 0 saturated heterocycles. The summed E-state index contributed by atoms with van der Waals surface area (Å²) in [6.45, 7) is -0.191. The van der Waals surface area contributed by atoms with Crippen molar-refractivity contribution in [3.05, 3.63) is 54.1 Å². The van der Waals surface area contributed by atoms with Gasteiger partial charge in [0.2, 0.25) is 0 Å². The summed E-state index contributed by atoms with van der Waals surface area (Å²) in [6.07, 6.45) is -4.41. The van der Waals surface area contributed by atoms with Crippen LogP contribution in [-0.2, 0) is 4.79 Å². The van der Waals surface area contributed by atoms with Crippen molar-refractivity contribution >= 4 is 17.4 Å². The third-order valence-corrected chi connectivity index (χ3v) is 3.17. The average Bonchev–Trinajstić information content (AvgIpc) is 2.59. The number of nitrogens with one attached hydrogen (secondary N) is 1. The average molecular weight is 367 g/mol. The molecule has 0 radical (unpaired) electrons. The van der Waals surface area contributed by atoms with Crippen LogP contribution in [0.1, 0.15) is 17.3 Å². The highest BCUT2D eigenvalue weighted by Crippen LogP contribution is 2.20. The van der Waals surface area contributed by atoms with Gasteiger partial charge in [-0.05, 0) is 55.5 Å². The highest BCUT2D eigenvalue weighted by Gasteiger charge is 2.28. The largest absolute Gasteiger partial charge is 0.484 e. The molecule has 2 aromatic rings. The normalized spacial score (nSPS) is 10.9. The molecule has 0 aromatic heterocycles. The molecule has 2 aromatic carbocycles. The second-order valence-corrected chi connectivity index (χ2v) is 5.35. The van der Waals surface area contributed by atoms with Gasteiger partial charge in [-0.1, -0.05) is 0 Å². The van der Waals surface area contributed by atoms with Crippen molar-refractivity contribution in [3.8, 4) is 11.5 Å². The number of ether oxygens (including phenoxy) is 2. The fourth-order valence-electron chi connectivity index (χ4n) is 1.93. The first kappa shape index (κ1) is 19.3. The standard InChI is InChI=1S/C18H16F3NO4/c1-12(23)13-2-6-15(7-3-13)25-10-17(24)22-14-4-8-16(9-5-14)26-11-18(19,20)21/h2-9H,10-11H2,1H3,(H,22,24). The number of rotatable bonds is 7. The zero-order chi connectivity index (χ0) is 19.2. The van der Waals surface area contributed by atoms with Gasteiger partial charge >= 0.3 is 6.18 Å². The Bertz CT molecular complexity index is 756. The van der Waals surface area contributed by atoms with Gasteiger partial charge in [0.15, 0.2) is 19.0 Å². The maximum atomic E-state index is 12.1. The molecule has 1 amide bonds. The van der Waals surface area contributed by atoms with E-state index in [2.05, 4.69) is 10.1 Å². The fraction of sp³-hybridized carbons (Fsp3) is 0.222. The monoisotopic (exact) mass is 367 g/mol. The van der Waals surface area contributed by atoms with Crippen LogP contribution in [0.25, 0.3) is 0 Å². The molecule has 0 atom stereocenters. The summed E-state index contributed by atoms with van der Waals surface area (Å²) in [4.78, 5) is 23.0. The van der Waals surface area contributed by atoms with Crippen LogP contribution in [0.2, 0.25) is 0 Å². The van der Waals surface area contributed by atoms with E-state index in [4.69, 9.17) is 4.74 Å². The van der Waals surface area contributed by atoms with E-state index in [1.54, 1.807) is 24.3 Å². The third-order valence-electron chi connectivity index (χ3n) is 3.17. The molecule has 0 spiro atoms. The number of benzene rings is 2. The van der Waals surface area contributed by atoms with Gasteiger partial charge in [0, 0.05) is 11.3 Å². The molecule has 2 rings (SSSR count). The van der Waals surface area contributed by atoms with E-state index < -0.39 is 18.7 Å². The van der Waals surface area contributed by atoms with Crippen LogP contribution in [0.15, 0.2) is 48.5 Å². The topological polar surface area (TPSA) is 64.6 Å². The highest BCUT2D eigenvalue weighted by atomic mass is 19.4. The van der Waals surface area contributed by atoms with Crippen molar-refractivity contribution in [1.29, 1.82) is 0 Å². The van der Waals surface area contributed by atoms with Crippen LogP contribution >= 0.6 is 0 Å². The van der Waals surface area contributed by atoms with Crippen LogP contribution < -0.4 is 14.8 Å². The van der Waals surface area contributed by atoms with Gasteiger partial charge in [-0.25, -0.2) is 0 Å². The quantitative estimate of drug-likeness (QED) is 0.755. The number of carbonyl (C=O) groups is 2. The second-order valence-electron chi connectivity index (χ2n) is 5.35. The molecule has 0 bridgehead atoms. The Morgan fingerprint density at radius 2 is 1.46 bits per heavy atom. The zero-order valence-electron chi connectivity index (χ0n) is 13.8. The van der Waals surface area contributed by atoms with Crippen molar-refractivity contribution in [2.45, 2.75) is 13.1 Å². The van der Waals surface area contributed by atoms with Crippen LogP contribution in [0.3, 0.4) is 0 Å². The first-order chi connectivity index (χ1) is 12.2. The minimum absolute atomic E-state index is 0.0436. The molecule has 0 aliphatic carbocycles. The number of alkyl halides is 3. The van der Waals surface area contributed by atoms with E-state index in [0.717, 1.165) is 0 Å². The van der Waals surface area contributed by atoms with Crippen molar-refractivity contribution in [2.24, 2.45) is 0 Å². The fourth-order valence-corrected chi connectivity index (χ4v) is 1.93. The lowest BCUT2D eigenvalue weighted by molar-refractivity contribution is -0.153. The number of carbonyl (C=O) groups excluding carboxylic acids is 2. The summed E-state index contributed by atoms with van der Waals surface area (Å²) in [5.41, 5.74) is 0.930. The molecule has 26 heavy (non-hydrogen) atoms. The number of ketones is 1. The van der Waals surface area contributed by atoms with Crippen molar-refractivity contribution < 1.29 is 32.2 Å². The molecule has 0 saturated carbocycles. The lowest BCUT2D eigenvalue weighted by Gasteiger charge is -2.10. The Kier molecular flexibility index (Phi) is 6.21. The lowest BCUT2D eigenvalue weighted by atomic mass is 10.1. The van der Waals surface area contributed by atoms with Crippen molar-refractivity contribution in [2.75, 3.05) is 18.5 Å². The van der Waals surface area contributed by atoms with Gasteiger partial charge in [-0.15, -0.1) is 0 Å². The molecule has 0 aliphatic heterocycles. The van der Waals surface area contributed by atoms with Crippen molar-refractivity contribution in [3.63, 3.8) is 0 Å².